The monoisotopic (exact) mass is 706 g/mol. The number of carbonyl (C=O) groups is 4. The Morgan fingerprint density at radius 1 is 0.920 bits per heavy atom. The molecule has 5 N–H and O–H groups in total. The van der Waals surface area contributed by atoms with E-state index in [9.17, 15) is 44.7 Å². The highest BCUT2D eigenvalue weighted by molar-refractivity contribution is 5.97. The number of fused-ring (bicyclic) bond motifs is 2. The maximum atomic E-state index is 13.0. The van der Waals surface area contributed by atoms with Gasteiger partial charge in [-0.1, -0.05) is 109 Å². The van der Waals surface area contributed by atoms with E-state index < -0.39 is 71.7 Å². The number of carbonyl (C=O) groups excluding carboxylic acids is 1. The Kier molecular flexibility index (Phi) is 15.0. The number of rotatable bonds is 23. The van der Waals surface area contributed by atoms with Gasteiger partial charge in [-0.25, -0.2) is 14.4 Å². The minimum atomic E-state index is -3.70. The van der Waals surface area contributed by atoms with E-state index in [-0.39, 0.29) is 18.9 Å². The summed E-state index contributed by atoms with van der Waals surface area (Å²) in [5.41, 5.74) is -5.66. The van der Waals surface area contributed by atoms with Crippen molar-refractivity contribution in [1.82, 2.24) is 0 Å². The molecule has 13 nitrogen and oxygen atoms in total. The van der Waals surface area contributed by atoms with Crippen LogP contribution in [0.2, 0.25) is 0 Å². The van der Waals surface area contributed by atoms with E-state index in [1.807, 2.05) is 37.3 Å². The highest BCUT2D eigenvalue weighted by Gasteiger charge is 2.85. The number of ether oxygens (including phenoxy) is 4. The minimum absolute atomic E-state index is 0.127. The topological polar surface area (TPSA) is 206 Å². The summed E-state index contributed by atoms with van der Waals surface area (Å²) in [6.45, 7) is 9.20. The molecule has 280 valence electrons. The van der Waals surface area contributed by atoms with Crippen LogP contribution < -0.4 is 0 Å². The Labute approximate surface area is 293 Å². The third kappa shape index (κ3) is 8.92. The molecule has 0 radical (unpaired) electrons. The van der Waals surface area contributed by atoms with Gasteiger partial charge in [-0.05, 0) is 30.4 Å². The van der Waals surface area contributed by atoms with Crippen LogP contribution in [-0.4, -0.2) is 97.4 Å². The highest BCUT2D eigenvalue weighted by Crippen LogP contribution is 2.56. The standard InChI is InChI=1S/C37H54O13/c1-5-6-7-8-9-10-11-12-13-17-22-47-30-29(39)35(49-31(32(40)41)36(46,33(42)43)37(30,50-35)34(44)45)21-20-24(2)28(48-26(4)38)25(3)23-27-18-15-14-16-19-27/h14-16,18-19,25,28-31,39,46H,2,5-13,17,20-23H2,1,3-4H3,(H,40,41)(H,42,43)(H,44,45)/t25-,28-,29-,30-,31?,35?,36?,37?/m1/s1. The van der Waals surface area contributed by atoms with Crippen molar-refractivity contribution in [2.24, 2.45) is 5.92 Å². The minimum Gasteiger partial charge on any atom is -0.479 e. The van der Waals surface area contributed by atoms with Crippen molar-refractivity contribution in [1.29, 1.82) is 0 Å². The highest BCUT2D eigenvalue weighted by atomic mass is 16.8. The smallest absolute Gasteiger partial charge is 0.343 e. The largest absolute Gasteiger partial charge is 0.479 e. The van der Waals surface area contributed by atoms with Crippen LogP contribution in [0.25, 0.3) is 0 Å². The average Bonchev–Trinajstić information content (AvgIpc) is 3.28. The Bertz CT molecular complexity index is 1320. The Morgan fingerprint density at radius 3 is 2.02 bits per heavy atom. The quantitative estimate of drug-likeness (QED) is 0.0598. The first-order valence-corrected chi connectivity index (χ1v) is 17.7. The van der Waals surface area contributed by atoms with E-state index in [4.69, 9.17) is 18.9 Å². The van der Waals surface area contributed by atoms with Crippen LogP contribution in [0.3, 0.4) is 0 Å². The zero-order chi connectivity index (χ0) is 37.1. The first-order valence-electron chi connectivity index (χ1n) is 17.7. The molecule has 0 spiro atoms. The molecule has 2 aliphatic rings. The fourth-order valence-corrected chi connectivity index (χ4v) is 7.16. The molecule has 2 fully saturated rings. The maximum absolute atomic E-state index is 13.0. The van der Waals surface area contributed by atoms with Crippen LogP contribution in [0, 0.1) is 5.92 Å². The van der Waals surface area contributed by atoms with Gasteiger partial charge >= 0.3 is 23.9 Å². The first-order chi connectivity index (χ1) is 23.7. The third-order valence-corrected chi connectivity index (χ3v) is 9.81. The van der Waals surface area contributed by atoms with E-state index in [2.05, 4.69) is 13.5 Å². The second-order valence-electron chi connectivity index (χ2n) is 13.6. The summed E-state index contributed by atoms with van der Waals surface area (Å²) >= 11 is 0. The molecule has 1 aromatic carbocycles. The average molecular weight is 707 g/mol. The number of hydrogen-bond acceptors (Lipinski definition) is 10. The van der Waals surface area contributed by atoms with Gasteiger partial charge in [-0.15, -0.1) is 0 Å². The van der Waals surface area contributed by atoms with Crippen LogP contribution in [-0.2, 0) is 44.5 Å². The summed E-state index contributed by atoms with van der Waals surface area (Å²) in [6.07, 6.45) is 2.40. The van der Waals surface area contributed by atoms with Crippen molar-refractivity contribution in [2.45, 2.75) is 146 Å². The van der Waals surface area contributed by atoms with Crippen molar-refractivity contribution in [3.05, 3.63) is 48.0 Å². The van der Waals surface area contributed by atoms with Gasteiger partial charge in [0.1, 0.15) is 18.3 Å². The van der Waals surface area contributed by atoms with Gasteiger partial charge in [0.15, 0.2) is 5.79 Å². The van der Waals surface area contributed by atoms with Crippen LogP contribution >= 0.6 is 0 Å². The SMILES string of the molecule is C=C(CCC12OC(C(=O)O)C(O)(C(=O)O)C(C(=O)O)(O1)[C@H](OCCCCCCCCCCCC)[C@H]2O)[C@@H](OC(C)=O)[C@H](C)Cc1ccccc1. The molecular formula is C37H54O13. The van der Waals surface area contributed by atoms with E-state index in [1.165, 1.54) is 32.6 Å². The number of benzene rings is 1. The first kappa shape index (κ1) is 41.1. The number of unbranched alkanes of at least 4 members (excludes halogenated alkanes) is 9. The molecule has 2 saturated heterocycles. The summed E-state index contributed by atoms with van der Waals surface area (Å²) in [7, 11) is 0. The van der Waals surface area contributed by atoms with E-state index >= 15 is 0 Å². The third-order valence-electron chi connectivity index (χ3n) is 9.81. The van der Waals surface area contributed by atoms with Gasteiger partial charge in [-0.2, -0.15) is 0 Å². The Morgan fingerprint density at radius 2 is 1.50 bits per heavy atom. The number of carboxylic acid groups (broad SMARTS) is 3. The lowest BCUT2D eigenvalue weighted by Gasteiger charge is -2.49. The van der Waals surface area contributed by atoms with Crippen molar-refractivity contribution >= 4 is 23.9 Å². The molecular weight excluding hydrogens is 652 g/mol. The summed E-state index contributed by atoms with van der Waals surface area (Å²) in [4.78, 5) is 50.0. The van der Waals surface area contributed by atoms with Crippen molar-refractivity contribution < 1.29 is 63.7 Å². The van der Waals surface area contributed by atoms with Crippen LogP contribution in [0.5, 0.6) is 0 Å². The lowest BCUT2D eigenvalue weighted by Crippen LogP contribution is -2.78. The number of aliphatic hydroxyl groups excluding tert-OH is 1. The predicted octanol–water partition coefficient (Wildman–Crippen LogP) is 4.65. The van der Waals surface area contributed by atoms with Gasteiger partial charge in [0.25, 0.3) is 0 Å². The predicted molar refractivity (Wildman–Crippen MR) is 180 cm³/mol. The number of carboxylic acids is 3. The van der Waals surface area contributed by atoms with Crippen molar-refractivity contribution in [3.8, 4) is 0 Å². The summed E-state index contributed by atoms with van der Waals surface area (Å²) in [5.74, 6) is -9.58. The lowest BCUT2D eigenvalue weighted by atomic mass is 9.74. The number of aliphatic hydroxyl groups is 2. The lowest BCUT2D eigenvalue weighted by molar-refractivity contribution is -0.374. The second kappa shape index (κ2) is 18.2. The molecule has 1 aromatic rings. The van der Waals surface area contributed by atoms with Gasteiger partial charge in [0.2, 0.25) is 17.3 Å². The van der Waals surface area contributed by atoms with Crippen LogP contribution in [0.4, 0.5) is 0 Å². The van der Waals surface area contributed by atoms with E-state index in [1.54, 1.807) is 0 Å². The van der Waals surface area contributed by atoms with Crippen LogP contribution in [0.1, 0.15) is 103 Å². The Balaban J connectivity index is 1.83. The molecule has 0 saturated carbocycles. The molecule has 3 rings (SSSR count). The summed E-state index contributed by atoms with van der Waals surface area (Å²) in [6, 6.07) is 9.44. The fraction of sp³-hybridized carbons (Fsp3) is 0.676. The van der Waals surface area contributed by atoms with E-state index in [0.29, 0.717) is 24.8 Å². The van der Waals surface area contributed by atoms with Gasteiger partial charge < -0.3 is 44.5 Å². The fourth-order valence-electron chi connectivity index (χ4n) is 7.16. The summed E-state index contributed by atoms with van der Waals surface area (Å²) in [5, 5.41) is 53.8. The molecule has 4 unspecified atom stereocenters. The number of hydrogen-bond donors (Lipinski definition) is 5. The molecule has 0 aromatic heterocycles. The van der Waals surface area contributed by atoms with Gasteiger partial charge in [-0.3, -0.25) is 4.79 Å². The van der Waals surface area contributed by atoms with Gasteiger partial charge in [0.05, 0.1) is 0 Å². The second-order valence-corrected chi connectivity index (χ2v) is 13.6. The van der Waals surface area contributed by atoms with Crippen molar-refractivity contribution in [3.63, 3.8) is 0 Å². The molecule has 0 amide bonds. The van der Waals surface area contributed by atoms with Crippen molar-refractivity contribution in [2.75, 3.05) is 6.61 Å². The van der Waals surface area contributed by atoms with E-state index in [0.717, 1.165) is 31.2 Å². The zero-order valence-corrected chi connectivity index (χ0v) is 29.4. The molecule has 2 heterocycles. The molecule has 50 heavy (non-hydrogen) atoms. The zero-order valence-electron chi connectivity index (χ0n) is 29.4. The summed E-state index contributed by atoms with van der Waals surface area (Å²) < 4.78 is 22.8. The molecule has 2 aliphatic heterocycles. The van der Waals surface area contributed by atoms with Crippen LogP contribution in [0.15, 0.2) is 42.5 Å². The Hall–Kier alpha value is -3.36. The molecule has 8 atom stereocenters. The molecule has 0 aliphatic carbocycles. The molecule has 2 bridgehead atoms. The normalized spacial score (nSPS) is 28.5. The van der Waals surface area contributed by atoms with Gasteiger partial charge in [0, 0.05) is 25.9 Å². The maximum Gasteiger partial charge on any atom is 0.343 e. The number of esters is 1. The molecule has 13 heteroatoms. The number of aliphatic carboxylic acids is 3.